The number of benzene rings is 2. The minimum atomic E-state index is -0.116. The molecule has 1 unspecified atom stereocenters. The number of amides is 2. The minimum absolute atomic E-state index is 0.0475. The summed E-state index contributed by atoms with van der Waals surface area (Å²) < 4.78 is 5.42. The SMILES string of the molecule is CCOc1ccc(C(C)NC(=O)Cc2ccc(NC(C)=O)cc2)cc1. The van der Waals surface area contributed by atoms with Crippen molar-refractivity contribution in [3.05, 3.63) is 59.7 Å². The molecule has 0 heterocycles. The van der Waals surface area contributed by atoms with E-state index in [9.17, 15) is 9.59 Å². The Morgan fingerprint density at radius 3 is 2.24 bits per heavy atom. The molecule has 1 atom stereocenters. The van der Waals surface area contributed by atoms with Crippen molar-refractivity contribution in [2.24, 2.45) is 0 Å². The van der Waals surface area contributed by atoms with E-state index in [-0.39, 0.29) is 17.9 Å². The van der Waals surface area contributed by atoms with E-state index in [1.54, 1.807) is 12.1 Å². The molecule has 0 radical (unpaired) electrons. The predicted octanol–water partition coefficient (Wildman–Crippen LogP) is 3.46. The lowest BCUT2D eigenvalue weighted by atomic mass is 10.1. The van der Waals surface area contributed by atoms with Gasteiger partial charge in [0.2, 0.25) is 11.8 Å². The van der Waals surface area contributed by atoms with Gasteiger partial charge in [0.05, 0.1) is 19.1 Å². The van der Waals surface area contributed by atoms with E-state index < -0.39 is 0 Å². The zero-order valence-electron chi connectivity index (χ0n) is 14.8. The summed E-state index contributed by atoms with van der Waals surface area (Å²) in [5.41, 5.74) is 2.64. The summed E-state index contributed by atoms with van der Waals surface area (Å²) in [6, 6.07) is 14.9. The fourth-order valence-corrected chi connectivity index (χ4v) is 2.49. The van der Waals surface area contributed by atoms with Crippen LogP contribution in [0.15, 0.2) is 48.5 Å². The van der Waals surface area contributed by atoms with E-state index in [4.69, 9.17) is 4.74 Å². The lowest BCUT2D eigenvalue weighted by Gasteiger charge is -2.15. The largest absolute Gasteiger partial charge is 0.494 e. The molecule has 0 aliphatic carbocycles. The molecular formula is C20H24N2O3. The highest BCUT2D eigenvalue weighted by molar-refractivity contribution is 5.88. The van der Waals surface area contributed by atoms with Gasteiger partial charge >= 0.3 is 0 Å². The molecule has 0 saturated carbocycles. The van der Waals surface area contributed by atoms with Crippen LogP contribution in [0.2, 0.25) is 0 Å². The number of hydrogen-bond donors (Lipinski definition) is 2. The van der Waals surface area contributed by atoms with E-state index in [1.807, 2.05) is 50.2 Å². The predicted molar refractivity (Wildman–Crippen MR) is 98.6 cm³/mol. The van der Waals surface area contributed by atoms with E-state index in [2.05, 4.69) is 10.6 Å². The number of nitrogens with one attached hydrogen (secondary N) is 2. The molecule has 2 amide bonds. The summed E-state index contributed by atoms with van der Waals surface area (Å²) in [7, 11) is 0. The molecule has 2 N–H and O–H groups in total. The first kappa shape index (κ1) is 18.5. The molecule has 0 aliphatic heterocycles. The fraction of sp³-hybridized carbons (Fsp3) is 0.300. The summed E-state index contributed by atoms with van der Waals surface area (Å²) in [5, 5.41) is 5.70. The first-order valence-corrected chi connectivity index (χ1v) is 8.36. The third kappa shape index (κ3) is 5.95. The van der Waals surface area contributed by atoms with Crippen LogP contribution in [-0.2, 0) is 16.0 Å². The van der Waals surface area contributed by atoms with Crippen LogP contribution in [-0.4, -0.2) is 18.4 Å². The highest BCUT2D eigenvalue weighted by atomic mass is 16.5. The maximum atomic E-state index is 12.2. The molecular weight excluding hydrogens is 316 g/mol. The molecule has 5 heteroatoms. The quantitative estimate of drug-likeness (QED) is 0.811. The van der Waals surface area contributed by atoms with Gasteiger partial charge in [0, 0.05) is 12.6 Å². The van der Waals surface area contributed by atoms with Crippen molar-refractivity contribution >= 4 is 17.5 Å². The summed E-state index contributed by atoms with van der Waals surface area (Å²) in [6.07, 6.45) is 0.293. The number of ether oxygens (including phenoxy) is 1. The van der Waals surface area contributed by atoms with Gasteiger partial charge in [-0.3, -0.25) is 9.59 Å². The minimum Gasteiger partial charge on any atom is -0.494 e. The van der Waals surface area contributed by atoms with Crippen LogP contribution in [0, 0.1) is 0 Å². The van der Waals surface area contributed by atoms with Crippen molar-refractivity contribution in [1.82, 2.24) is 5.32 Å². The van der Waals surface area contributed by atoms with E-state index in [1.165, 1.54) is 6.92 Å². The lowest BCUT2D eigenvalue weighted by Crippen LogP contribution is -2.28. The zero-order chi connectivity index (χ0) is 18.2. The Morgan fingerprint density at radius 1 is 1.04 bits per heavy atom. The third-order valence-electron chi connectivity index (χ3n) is 3.71. The Hall–Kier alpha value is -2.82. The Bertz CT molecular complexity index is 709. The molecule has 0 aromatic heterocycles. The van der Waals surface area contributed by atoms with E-state index >= 15 is 0 Å². The molecule has 0 aliphatic rings. The Kier molecular flexibility index (Phi) is 6.57. The average molecular weight is 340 g/mol. The smallest absolute Gasteiger partial charge is 0.224 e. The van der Waals surface area contributed by atoms with Crippen LogP contribution < -0.4 is 15.4 Å². The van der Waals surface area contributed by atoms with E-state index in [0.717, 1.165) is 22.6 Å². The summed E-state index contributed by atoms with van der Waals surface area (Å²) in [6.45, 7) is 5.99. The molecule has 0 fully saturated rings. The number of carbonyl (C=O) groups is 2. The number of hydrogen-bond acceptors (Lipinski definition) is 3. The van der Waals surface area contributed by atoms with Gasteiger partial charge in [-0.05, 0) is 49.2 Å². The Labute approximate surface area is 148 Å². The van der Waals surface area contributed by atoms with Crippen LogP contribution in [0.1, 0.15) is 37.9 Å². The number of anilines is 1. The highest BCUT2D eigenvalue weighted by Gasteiger charge is 2.10. The van der Waals surface area contributed by atoms with Gasteiger partial charge < -0.3 is 15.4 Å². The van der Waals surface area contributed by atoms with Crippen molar-refractivity contribution in [3.8, 4) is 5.75 Å². The summed E-state index contributed by atoms with van der Waals surface area (Å²) >= 11 is 0. The Morgan fingerprint density at radius 2 is 1.68 bits per heavy atom. The molecule has 5 nitrogen and oxygen atoms in total. The molecule has 0 spiro atoms. The third-order valence-corrected chi connectivity index (χ3v) is 3.71. The van der Waals surface area contributed by atoms with Crippen LogP contribution in [0.3, 0.4) is 0 Å². The molecule has 0 bridgehead atoms. The second-order valence-electron chi connectivity index (χ2n) is 5.85. The van der Waals surface area contributed by atoms with Gasteiger partial charge in [0.15, 0.2) is 0 Å². The van der Waals surface area contributed by atoms with E-state index in [0.29, 0.717) is 13.0 Å². The lowest BCUT2D eigenvalue weighted by molar-refractivity contribution is -0.121. The summed E-state index contributed by atoms with van der Waals surface area (Å²) in [5.74, 6) is 0.660. The topological polar surface area (TPSA) is 67.4 Å². The van der Waals surface area contributed by atoms with Crippen molar-refractivity contribution in [1.29, 1.82) is 0 Å². The van der Waals surface area contributed by atoms with Gasteiger partial charge in [-0.15, -0.1) is 0 Å². The molecule has 2 aromatic rings. The van der Waals surface area contributed by atoms with Gasteiger partial charge in [0.25, 0.3) is 0 Å². The Balaban J connectivity index is 1.89. The first-order chi connectivity index (χ1) is 12.0. The second-order valence-corrected chi connectivity index (χ2v) is 5.85. The van der Waals surface area contributed by atoms with Crippen molar-refractivity contribution in [2.45, 2.75) is 33.2 Å². The van der Waals surface area contributed by atoms with Crippen LogP contribution in [0.4, 0.5) is 5.69 Å². The van der Waals surface area contributed by atoms with Crippen LogP contribution >= 0.6 is 0 Å². The fourth-order valence-electron chi connectivity index (χ4n) is 2.49. The first-order valence-electron chi connectivity index (χ1n) is 8.36. The monoisotopic (exact) mass is 340 g/mol. The maximum Gasteiger partial charge on any atom is 0.224 e. The zero-order valence-corrected chi connectivity index (χ0v) is 14.8. The molecule has 25 heavy (non-hydrogen) atoms. The van der Waals surface area contributed by atoms with Crippen LogP contribution in [0.5, 0.6) is 5.75 Å². The van der Waals surface area contributed by atoms with Gasteiger partial charge in [-0.25, -0.2) is 0 Å². The van der Waals surface area contributed by atoms with Gasteiger partial charge in [0.1, 0.15) is 5.75 Å². The molecule has 0 saturated heterocycles. The van der Waals surface area contributed by atoms with Gasteiger partial charge in [-0.1, -0.05) is 24.3 Å². The summed E-state index contributed by atoms with van der Waals surface area (Å²) in [4.78, 5) is 23.2. The average Bonchev–Trinajstić information content (AvgIpc) is 2.57. The normalized spacial score (nSPS) is 11.5. The standard InChI is InChI=1S/C20H24N2O3/c1-4-25-19-11-7-17(8-12-19)14(2)21-20(24)13-16-5-9-18(10-6-16)22-15(3)23/h5-12,14H,4,13H2,1-3H3,(H,21,24)(H,22,23). The van der Waals surface area contributed by atoms with Crippen molar-refractivity contribution in [2.75, 3.05) is 11.9 Å². The van der Waals surface area contributed by atoms with Crippen LogP contribution in [0.25, 0.3) is 0 Å². The molecule has 2 rings (SSSR count). The maximum absolute atomic E-state index is 12.2. The second kappa shape index (κ2) is 8.87. The van der Waals surface area contributed by atoms with Crippen molar-refractivity contribution < 1.29 is 14.3 Å². The molecule has 132 valence electrons. The van der Waals surface area contributed by atoms with Gasteiger partial charge in [-0.2, -0.15) is 0 Å². The van der Waals surface area contributed by atoms with Crippen molar-refractivity contribution in [3.63, 3.8) is 0 Å². The molecule has 2 aromatic carbocycles. The highest BCUT2D eigenvalue weighted by Crippen LogP contribution is 2.18. The number of rotatable bonds is 7. The number of carbonyl (C=O) groups excluding carboxylic acids is 2.